The molecule has 1 atom stereocenters. The van der Waals surface area contributed by atoms with Crippen LogP contribution in [0.4, 0.5) is 30.8 Å². The first-order chi connectivity index (χ1) is 21.0. The number of carbonyl (C=O) groups is 3. The summed E-state index contributed by atoms with van der Waals surface area (Å²) >= 11 is 0. The highest BCUT2D eigenvalue weighted by Crippen LogP contribution is 2.35. The fourth-order valence-electron chi connectivity index (χ4n) is 4.88. The van der Waals surface area contributed by atoms with Crippen molar-refractivity contribution in [2.75, 3.05) is 42.3 Å². The van der Waals surface area contributed by atoms with E-state index in [1.807, 2.05) is 13.8 Å². The Balaban J connectivity index is 1.34. The first kappa shape index (κ1) is 30.4. The predicted octanol–water partition coefficient (Wildman–Crippen LogP) is 4.91. The third-order valence-corrected chi connectivity index (χ3v) is 6.97. The van der Waals surface area contributed by atoms with E-state index in [1.54, 1.807) is 20.1 Å². The molecule has 4 amide bonds. The minimum atomic E-state index is -1.28. The highest BCUT2D eigenvalue weighted by molar-refractivity contribution is 6.23. The van der Waals surface area contributed by atoms with Crippen molar-refractivity contribution in [1.82, 2.24) is 20.1 Å². The number of methoxy groups -OCH3 is 1. The maximum atomic E-state index is 15.3. The highest BCUT2D eigenvalue weighted by atomic mass is 19.1. The average molecular weight is 608 g/mol. The van der Waals surface area contributed by atoms with Gasteiger partial charge in [0, 0.05) is 44.2 Å². The molecule has 0 spiro atoms. The fourth-order valence-corrected chi connectivity index (χ4v) is 4.88. The van der Waals surface area contributed by atoms with Gasteiger partial charge in [0.05, 0.1) is 17.8 Å². The van der Waals surface area contributed by atoms with Crippen molar-refractivity contribution < 1.29 is 32.6 Å². The number of carbonyl (C=O) groups excluding carboxylic acids is 3. The monoisotopic (exact) mass is 607 g/mol. The second kappa shape index (κ2) is 12.2. The van der Waals surface area contributed by atoms with Gasteiger partial charge in [-0.1, -0.05) is 0 Å². The van der Waals surface area contributed by atoms with Crippen molar-refractivity contribution in [1.29, 1.82) is 0 Å². The van der Waals surface area contributed by atoms with E-state index in [4.69, 9.17) is 9.47 Å². The lowest BCUT2D eigenvalue weighted by Crippen LogP contribution is -2.59. The Kier molecular flexibility index (Phi) is 8.45. The third-order valence-electron chi connectivity index (χ3n) is 6.97. The summed E-state index contributed by atoms with van der Waals surface area (Å²) in [6, 6.07) is 9.59. The first-order valence-corrected chi connectivity index (χ1v) is 13.8. The summed E-state index contributed by atoms with van der Waals surface area (Å²) in [6.45, 7) is 6.02. The van der Waals surface area contributed by atoms with Crippen LogP contribution in [0.3, 0.4) is 0 Å². The van der Waals surface area contributed by atoms with Crippen molar-refractivity contribution in [3.63, 3.8) is 0 Å². The molecule has 1 saturated heterocycles. The van der Waals surface area contributed by atoms with Crippen LogP contribution >= 0.6 is 0 Å². The van der Waals surface area contributed by atoms with Crippen molar-refractivity contribution in [2.45, 2.75) is 26.3 Å². The Morgan fingerprint density at radius 3 is 2.55 bits per heavy atom. The number of rotatable bonds is 10. The van der Waals surface area contributed by atoms with Gasteiger partial charge in [0.2, 0.25) is 11.8 Å². The number of urea groups is 1. The molecule has 4 aromatic rings. The third kappa shape index (κ3) is 6.15. The maximum absolute atomic E-state index is 15.3. The molecule has 0 aliphatic carbocycles. The van der Waals surface area contributed by atoms with Gasteiger partial charge >= 0.3 is 6.03 Å². The van der Waals surface area contributed by atoms with Crippen LogP contribution in [0.15, 0.2) is 54.7 Å². The number of hydrogen-bond donors (Lipinski definition) is 3. The zero-order chi connectivity index (χ0) is 31.6. The molecule has 1 aliphatic rings. The number of ether oxygens (including phenoxy) is 2. The van der Waals surface area contributed by atoms with Gasteiger partial charge in [-0.15, -0.1) is 0 Å². The number of hydrogen-bond acceptors (Lipinski definition) is 8. The number of amides is 4. The van der Waals surface area contributed by atoms with E-state index >= 15 is 4.39 Å². The number of benzene rings is 2. The quantitative estimate of drug-likeness (QED) is 0.216. The number of nitrogens with zero attached hydrogens (tertiary/aromatic N) is 4. The lowest BCUT2D eigenvalue weighted by molar-refractivity contribution is -0.132. The first-order valence-electron chi connectivity index (χ1n) is 13.8. The molecule has 3 N–H and O–H groups in total. The maximum Gasteiger partial charge on any atom is 0.331 e. The van der Waals surface area contributed by atoms with Crippen molar-refractivity contribution in [3.05, 3.63) is 66.4 Å². The predicted molar refractivity (Wildman–Crippen MR) is 159 cm³/mol. The van der Waals surface area contributed by atoms with Crippen LogP contribution in [-0.4, -0.2) is 70.3 Å². The molecule has 1 aliphatic heterocycles. The van der Waals surface area contributed by atoms with E-state index in [2.05, 4.69) is 25.8 Å². The average Bonchev–Trinajstić information content (AvgIpc) is 3.38. The summed E-state index contributed by atoms with van der Waals surface area (Å²) in [5.74, 6) is -3.50. The lowest BCUT2D eigenvalue weighted by atomic mass is 10.0. The van der Waals surface area contributed by atoms with Crippen LogP contribution in [0, 0.1) is 17.6 Å². The summed E-state index contributed by atoms with van der Waals surface area (Å²) in [5.41, 5.74) is 0.154. The number of halogens is 2. The van der Waals surface area contributed by atoms with Gasteiger partial charge in [0.1, 0.15) is 22.9 Å². The van der Waals surface area contributed by atoms with Gasteiger partial charge in [-0.25, -0.2) is 23.5 Å². The van der Waals surface area contributed by atoms with E-state index in [9.17, 15) is 18.8 Å². The molecule has 0 bridgehead atoms. The number of anilines is 3. The number of H-pyrrole nitrogens is 1. The number of pyridine rings is 1. The number of imide groups is 1. The Morgan fingerprint density at radius 2 is 1.86 bits per heavy atom. The molecule has 44 heavy (non-hydrogen) atoms. The number of fused-ring (bicyclic) bond motifs is 1. The Hall–Kier alpha value is -5.11. The number of aromatic nitrogens is 3. The molecule has 0 saturated carbocycles. The molecular formula is C30H31F2N7O5. The zero-order valence-electron chi connectivity index (χ0n) is 24.5. The number of nitrogens with one attached hydrogen (secondary N) is 3. The SMILES string of the molecule is CCN1CC(C(=O)Nc2ccc(Oc3ccnc4[nH]nc(NC(C)(C)COC)c34)c(F)c2)C(=O)N(c2ccc(F)cc2)C1=O. The van der Waals surface area contributed by atoms with Crippen LogP contribution in [0.1, 0.15) is 20.8 Å². The van der Waals surface area contributed by atoms with Crippen molar-refractivity contribution in [3.8, 4) is 11.5 Å². The highest BCUT2D eigenvalue weighted by Gasteiger charge is 2.43. The molecule has 5 rings (SSSR count). The summed E-state index contributed by atoms with van der Waals surface area (Å²) in [4.78, 5) is 45.9. The number of aromatic amines is 1. The molecule has 12 nitrogen and oxygen atoms in total. The van der Waals surface area contributed by atoms with Crippen LogP contribution in [0.25, 0.3) is 11.0 Å². The van der Waals surface area contributed by atoms with Gasteiger partial charge in [0.25, 0.3) is 0 Å². The van der Waals surface area contributed by atoms with Gasteiger partial charge in [0.15, 0.2) is 23.0 Å². The van der Waals surface area contributed by atoms with Crippen LogP contribution in [-0.2, 0) is 14.3 Å². The Morgan fingerprint density at radius 1 is 1.11 bits per heavy atom. The largest absolute Gasteiger partial charge is 0.453 e. The molecule has 230 valence electrons. The van der Waals surface area contributed by atoms with E-state index in [0.717, 1.165) is 23.1 Å². The molecule has 3 heterocycles. The molecule has 0 radical (unpaired) electrons. The van der Waals surface area contributed by atoms with Crippen LogP contribution < -0.4 is 20.3 Å². The zero-order valence-corrected chi connectivity index (χ0v) is 24.5. The standard InChI is InChI=1S/C30H31F2N7O5/c1-5-38-15-20(28(41)39(29(38)42)19-9-6-17(31)7-10-19)27(40)34-18-8-11-22(21(32)14-18)44-23-12-13-33-25-24(23)26(37-36-25)35-30(2,3)16-43-4/h6-14,20H,5,15-16H2,1-4H3,(H,34,40)(H2,33,35,36,37). The normalized spacial score (nSPS) is 15.5. The smallest absolute Gasteiger partial charge is 0.331 e. The van der Waals surface area contributed by atoms with Gasteiger partial charge in [-0.3, -0.25) is 14.7 Å². The van der Waals surface area contributed by atoms with Crippen LogP contribution in [0.2, 0.25) is 0 Å². The summed E-state index contributed by atoms with van der Waals surface area (Å²) in [5, 5.41) is 13.4. The van der Waals surface area contributed by atoms with E-state index in [-0.39, 0.29) is 36.0 Å². The van der Waals surface area contributed by atoms with Gasteiger partial charge < -0.3 is 25.0 Å². The fraction of sp³-hybridized carbons (Fsp3) is 0.300. The van der Waals surface area contributed by atoms with E-state index in [0.29, 0.717) is 23.5 Å². The Bertz CT molecular complexity index is 1710. The van der Waals surface area contributed by atoms with Gasteiger partial charge in [-0.05, 0) is 57.2 Å². The molecule has 1 unspecified atom stereocenters. The summed E-state index contributed by atoms with van der Waals surface area (Å²) in [7, 11) is 1.59. The molecular weight excluding hydrogens is 576 g/mol. The van der Waals surface area contributed by atoms with E-state index in [1.165, 1.54) is 35.4 Å². The minimum Gasteiger partial charge on any atom is -0.453 e. The molecule has 2 aromatic heterocycles. The molecule has 14 heteroatoms. The minimum absolute atomic E-state index is 0.0767. The summed E-state index contributed by atoms with van der Waals surface area (Å²) < 4.78 is 39.9. The van der Waals surface area contributed by atoms with Gasteiger partial charge in [-0.2, -0.15) is 5.10 Å². The second-order valence-electron chi connectivity index (χ2n) is 10.8. The molecule has 1 fully saturated rings. The molecule has 2 aromatic carbocycles. The van der Waals surface area contributed by atoms with Crippen molar-refractivity contribution in [2.24, 2.45) is 5.92 Å². The second-order valence-corrected chi connectivity index (χ2v) is 10.8. The topological polar surface area (TPSA) is 142 Å². The lowest BCUT2D eigenvalue weighted by Gasteiger charge is -2.37. The van der Waals surface area contributed by atoms with Crippen molar-refractivity contribution >= 4 is 46.1 Å². The van der Waals surface area contributed by atoms with E-state index < -0.39 is 40.9 Å². The summed E-state index contributed by atoms with van der Waals surface area (Å²) in [6.07, 6.45) is 1.49. The van der Waals surface area contributed by atoms with Crippen LogP contribution in [0.5, 0.6) is 11.5 Å². The Labute approximate surface area is 251 Å².